The van der Waals surface area contributed by atoms with E-state index in [0.717, 1.165) is 6.29 Å². The molecule has 1 N–H and O–H groups in total. The van der Waals surface area contributed by atoms with Crippen LogP contribution in [0.4, 0.5) is 14.5 Å². The average molecular weight is 392 g/mol. The lowest BCUT2D eigenvalue weighted by Gasteiger charge is -2.40. The number of ether oxygens (including phenoxy) is 1. The highest BCUT2D eigenvalue weighted by Gasteiger charge is 2.43. The summed E-state index contributed by atoms with van der Waals surface area (Å²) in [6.45, 7) is 1.58. The highest BCUT2D eigenvalue weighted by atomic mass is 19.1. The molecular formula is C20H22F2N2O4. The molecule has 3 aliphatic rings. The first kappa shape index (κ1) is 19.0. The third kappa shape index (κ3) is 3.41. The summed E-state index contributed by atoms with van der Waals surface area (Å²) in [6.07, 6.45) is 3.17. The summed E-state index contributed by atoms with van der Waals surface area (Å²) in [7, 11) is 0. The zero-order valence-electron chi connectivity index (χ0n) is 15.4. The standard InChI is InChI=1S/C20H22F2N2O4/c21-15-7-13(8-16(22)18(15)14-1-2-17(26)23-19(14)27)24-5-3-20(4-6-24)9-12(10-25)11-28-20/h7-8,10,12,14H,1-6,9,11H2,(H,23,26,27). The van der Waals surface area contributed by atoms with E-state index in [-0.39, 0.29) is 29.9 Å². The molecule has 0 radical (unpaired) electrons. The quantitative estimate of drug-likeness (QED) is 0.630. The number of imide groups is 1. The van der Waals surface area contributed by atoms with Crippen LogP contribution in [-0.4, -0.2) is 43.4 Å². The Balaban J connectivity index is 1.49. The number of anilines is 1. The Morgan fingerprint density at radius 1 is 1.18 bits per heavy atom. The van der Waals surface area contributed by atoms with E-state index in [0.29, 0.717) is 44.6 Å². The molecule has 6 nitrogen and oxygen atoms in total. The number of hydrogen-bond acceptors (Lipinski definition) is 5. The lowest BCUT2D eigenvalue weighted by atomic mass is 9.85. The molecule has 0 aliphatic carbocycles. The second-order valence-corrected chi connectivity index (χ2v) is 7.91. The highest BCUT2D eigenvalue weighted by Crippen LogP contribution is 2.40. The van der Waals surface area contributed by atoms with Crippen molar-refractivity contribution in [2.45, 2.75) is 43.6 Å². The van der Waals surface area contributed by atoms with E-state index in [9.17, 15) is 23.2 Å². The fourth-order valence-electron chi connectivity index (χ4n) is 4.54. The summed E-state index contributed by atoms with van der Waals surface area (Å²) in [5.41, 5.74) is -0.174. The Morgan fingerprint density at radius 2 is 1.86 bits per heavy atom. The molecule has 2 unspecified atom stereocenters. The van der Waals surface area contributed by atoms with Gasteiger partial charge in [-0.15, -0.1) is 0 Å². The van der Waals surface area contributed by atoms with Crippen LogP contribution in [0.2, 0.25) is 0 Å². The van der Waals surface area contributed by atoms with Gasteiger partial charge in [0.25, 0.3) is 0 Å². The molecule has 150 valence electrons. The molecule has 0 bridgehead atoms. The first-order chi connectivity index (χ1) is 13.4. The fraction of sp³-hybridized carbons (Fsp3) is 0.550. The van der Waals surface area contributed by atoms with Crippen LogP contribution >= 0.6 is 0 Å². The molecule has 3 heterocycles. The molecule has 3 fully saturated rings. The zero-order chi connectivity index (χ0) is 19.9. The number of nitrogens with zero attached hydrogens (tertiary/aromatic N) is 1. The molecule has 3 aliphatic heterocycles. The summed E-state index contributed by atoms with van der Waals surface area (Å²) in [5, 5.41) is 2.14. The van der Waals surface area contributed by atoms with Gasteiger partial charge in [0.2, 0.25) is 11.8 Å². The number of carbonyl (C=O) groups is 3. The van der Waals surface area contributed by atoms with Gasteiger partial charge in [-0.25, -0.2) is 8.78 Å². The summed E-state index contributed by atoms with van der Waals surface area (Å²) in [4.78, 5) is 36.1. The Morgan fingerprint density at radius 3 is 2.43 bits per heavy atom. The van der Waals surface area contributed by atoms with E-state index < -0.39 is 29.4 Å². The third-order valence-corrected chi connectivity index (χ3v) is 6.12. The molecule has 8 heteroatoms. The number of benzene rings is 1. The first-order valence-corrected chi connectivity index (χ1v) is 9.58. The number of hydrogen-bond donors (Lipinski definition) is 1. The van der Waals surface area contributed by atoms with Crippen molar-refractivity contribution in [1.82, 2.24) is 5.32 Å². The van der Waals surface area contributed by atoms with Gasteiger partial charge < -0.3 is 14.4 Å². The van der Waals surface area contributed by atoms with Crippen molar-refractivity contribution < 1.29 is 27.9 Å². The lowest BCUT2D eigenvalue weighted by molar-refractivity contribution is -0.134. The molecule has 1 aromatic rings. The van der Waals surface area contributed by atoms with Crippen LogP contribution in [0.1, 0.15) is 43.6 Å². The van der Waals surface area contributed by atoms with Crippen molar-refractivity contribution in [3.8, 4) is 0 Å². The molecule has 0 saturated carbocycles. The number of nitrogens with one attached hydrogen (secondary N) is 1. The summed E-state index contributed by atoms with van der Waals surface area (Å²) in [6, 6.07) is 2.51. The maximum Gasteiger partial charge on any atom is 0.234 e. The number of carbonyl (C=O) groups excluding carboxylic acids is 3. The Kier molecular flexibility index (Phi) is 4.91. The van der Waals surface area contributed by atoms with Gasteiger partial charge in [0, 0.05) is 36.7 Å². The molecule has 2 atom stereocenters. The van der Waals surface area contributed by atoms with Gasteiger partial charge in [0.15, 0.2) is 0 Å². The predicted octanol–water partition coefficient (Wildman–Crippen LogP) is 2.06. The molecule has 3 saturated heterocycles. The summed E-state index contributed by atoms with van der Waals surface area (Å²) < 4.78 is 35.3. The molecule has 0 aromatic heterocycles. The smallest absolute Gasteiger partial charge is 0.234 e. The second kappa shape index (κ2) is 7.24. The predicted molar refractivity (Wildman–Crippen MR) is 95.8 cm³/mol. The van der Waals surface area contributed by atoms with Crippen molar-refractivity contribution >= 4 is 23.8 Å². The SMILES string of the molecule is O=CC1COC2(CCN(c3cc(F)c(C4CCC(=O)NC4=O)c(F)c3)CC2)C1. The minimum atomic E-state index is -0.997. The number of aldehydes is 1. The van der Waals surface area contributed by atoms with E-state index in [1.807, 2.05) is 4.90 Å². The number of rotatable bonds is 3. The zero-order valence-corrected chi connectivity index (χ0v) is 15.4. The molecule has 1 spiro atoms. The molecule has 2 amide bonds. The normalized spacial score (nSPS) is 27.1. The number of halogens is 2. The lowest BCUT2D eigenvalue weighted by Crippen LogP contribution is -2.44. The Hall–Kier alpha value is -2.35. The van der Waals surface area contributed by atoms with Gasteiger partial charge in [0.05, 0.1) is 18.1 Å². The van der Waals surface area contributed by atoms with Crippen LogP contribution in [0.3, 0.4) is 0 Å². The van der Waals surface area contributed by atoms with Crippen LogP contribution in [0.5, 0.6) is 0 Å². The molecule has 28 heavy (non-hydrogen) atoms. The Labute approximate surface area is 161 Å². The molecule has 4 rings (SSSR count). The van der Waals surface area contributed by atoms with Gasteiger partial charge in [-0.1, -0.05) is 0 Å². The highest BCUT2D eigenvalue weighted by molar-refractivity contribution is 6.01. The molecule has 1 aromatic carbocycles. The summed E-state index contributed by atoms with van der Waals surface area (Å²) >= 11 is 0. The van der Waals surface area contributed by atoms with Crippen molar-refractivity contribution in [3.63, 3.8) is 0 Å². The van der Waals surface area contributed by atoms with Gasteiger partial charge >= 0.3 is 0 Å². The topological polar surface area (TPSA) is 75.7 Å². The second-order valence-electron chi connectivity index (χ2n) is 7.91. The minimum Gasteiger partial charge on any atom is -0.374 e. The summed E-state index contributed by atoms with van der Waals surface area (Å²) in [5.74, 6) is -3.71. The monoisotopic (exact) mass is 392 g/mol. The third-order valence-electron chi connectivity index (χ3n) is 6.12. The van der Waals surface area contributed by atoms with Crippen molar-refractivity contribution in [2.24, 2.45) is 5.92 Å². The van der Waals surface area contributed by atoms with Crippen molar-refractivity contribution in [1.29, 1.82) is 0 Å². The van der Waals surface area contributed by atoms with Gasteiger partial charge in [-0.2, -0.15) is 0 Å². The van der Waals surface area contributed by atoms with Crippen LogP contribution in [0, 0.1) is 17.6 Å². The van der Waals surface area contributed by atoms with Crippen molar-refractivity contribution in [3.05, 3.63) is 29.3 Å². The average Bonchev–Trinajstić information content (AvgIpc) is 3.06. The van der Waals surface area contributed by atoms with E-state index in [4.69, 9.17) is 4.74 Å². The largest absolute Gasteiger partial charge is 0.374 e. The van der Waals surface area contributed by atoms with Crippen molar-refractivity contribution in [2.75, 3.05) is 24.6 Å². The van der Waals surface area contributed by atoms with Gasteiger partial charge in [0.1, 0.15) is 17.9 Å². The number of piperidine rings is 2. The van der Waals surface area contributed by atoms with E-state index in [1.165, 1.54) is 12.1 Å². The van der Waals surface area contributed by atoms with Crippen LogP contribution < -0.4 is 10.2 Å². The fourth-order valence-corrected chi connectivity index (χ4v) is 4.54. The van der Waals surface area contributed by atoms with Crippen LogP contribution in [-0.2, 0) is 19.1 Å². The van der Waals surface area contributed by atoms with Gasteiger partial charge in [-0.3, -0.25) is 14.9 Å². The molecular weight excluding hydrogens is 370 g/mol. The maximum atomic E-state index is 14.7. The first-order valence-electron chi connectivity index (χ1n) is 9.58. The van der Waals surface area contributed by atoms with E-state index in [2.05, 4.69) is 5.32 Å². The van der Waals surface area contributed by atoms with Crippen LogP contribution in [0.15, 0.2) is 12.1 Å². The maximum absolute atomic E-state index is 14.7. The number of amides is 2. The van der Waals surface area contributed by atoms with Gasteiger partial charge in [-0.05, 0) is 37.8 Å². The van der Waals surface area contributed by atoms with E-state index in [1.54, 1.807) is 0 Å². The minimum absolute atomic E-state index is 0.0625. The van der Waals surface area contributed by atoms with E-state index >= 15 is 0 Å². The Bertz CT molecular complexity index is 797. The van der Waals surface area contributed by atoms with Crippen LogP contribution in [0.25, 0.3) is 0 Å².